The summed E-state index contributed by atoms with van der Waals surface area (Å²) < 4.78 is 30.7. The molecule has 17 heavy (non-hydrogen) atoms. The molecule has 1 aromatic rings. The third-order valence-corrected chi connectivity index (χ3v) is 3.02. The van der Waals surface area contributed by atoms with Crippen molar-refractivity contribution in [2.24, 2.45) is 0 Å². The number of carbonyl (C=O) groups excluding carboxylic acids is 1. The fourth-order valence-corrected chi connectivity index (χ4v) is 1.82. The van der Waals surface area contributed by atoms with Gasteiger partial charge in [0, 0.05) is 11.0 Å². The third-order valence-electron chi connectivity index (χ3n) is 2.00. The first-order valence-electron chi connectivity index (χ1n) is 5.37. The van der Waals surface area contributed by atoms with E-state index < -0.39 is 11.6 Å². The largest absolute Gasteiger partial charge is 0.465 e. The van der Waals surface area contributed by atoms with E-state index in [-0.39, 0.29) is 16.6 Å². The maximum absolute atomic E-state index is 13.2. The van der Waals surface area contributed by atoms with E-state index in [2.05, 4.69) is 0 Å². The second kappa shape index (κ2) is 7.27. The van der Waals surface area contributed by atoms with E-state index >= 15 is 0 Å². The van der Waals surface area contributed by atoms with Crippen LogP contribution in [0.25, 0.3) is 0 Å². The van der Waals surface area contributed by atoms with Crippen LogP contribution in [0.15, 0.2) is 23.1 Å². The molecule has 0 aromatic heterocycles. The molecule has 0 aliphatic carbocycles. The fraction of sp³-hybridized carbons (Fsp3) is 0.417. The quantitative estimate of drug-likeness (QED) is 0.445. The summed E-state index contributed by atoms with van der Waals surface area (Å²) in [7, 11) is 0. The highest BCUT2D eigenvalue weighted by Crippen LogP contribution is 2.22. The van der Waals surface area contributed by atoms with E-state index in [9.17, 15) is 13.6 Å². The van der Waals surface area contributed by atoms with Crippen LogP contribution in [0.4, 0.5) is 8.78 Å². The second-order valence-electron chi connectivity index (χ2n) is 3.44. The molecule has 0 N–H and O–H groups in total. The summed E-state index contributed by atoms with van der Waals surface area (Å²) in [5.74, 6) is -1.63. The zero-order valence-corrected chi connectivity index (χ0v) is 10.4. The highest BCUT2D eigenvalue weighted by Gasteiger charge is 2.08. The molecule has 0 fully saturated rings. The van der Waals surface area contributed by atoms with E-state index in [0.717, 1.165) is 36.7 Å². The zero-order chi connectivity index (χ0) is 12.7. The Bertz CT molecular complexity index is 383. The summed E-state index contributed by atoms with van der Waals surface area (Å²) in [5, 5.41) is 0. The van der Waals surface area contributed by atoms with Crippen molar-refractivity contribution in [3.05, 3.63) is 29.8 Å². The van der Waals surface area contributed by atoms with Crippen molar-refractivity contribution >= 4 is 17.7 Å². The predicted octanol–water partition coefficient (Wildman–Crippen LogP) is 3.40. The summed E-state index contributed by atoms with van der Waals surface area (Å²) in [4.78, 5) is 11.5. The number of carbonyl (C=O) groups is 1. The molecule has 0 amide bonds. The summed E-state index contributed by atoms with van der Waals surface area (Å²) in [6.45, 7) is 2.39. The van der Waals surface area contributed by atoms with Crippen LogP contribution in [-0.2, 0) is 9.53 Å². The lowest BCUT2D eigenvalue weighted by atomic mass is 10.3. The number of esters is 1. The van der Waals surface area contributed by atoms with Crippen molar-refractivity contribution in [1.29, 1.82) is 0 Å². The minimum atomic E-state index is -0.656. The number of hydrogen-bond acceptors (Lipinski definition) is 3. The van der Waals surface area contributed by atoms with E-state index in [4.69, 9.17) is 4.74 Å². The van der Waals surface area contributed by atoms with Crippen LogP contribution in [0.2, 0.25) is 0 Å². The number of rotatable bonds is 6. The standard InChI is InChI=1S/C12H14F2O2S/c1-2-3-6-16-12(15)8-17-11-5-4-9(13)7-10(11)14/h4-5,7H,2-3,6,8H2,1H3. The molecule has 1 aromatic carbocycles. The Balaban J connectivity index is 2.37. The average Bonchev–Trinajstić information content (AvgIpc) is 2.28. The van der Waals surface area contributed by atoms with Crippen LogP contribution >= 0.6 is 11.8 Å². The number of halogens is 2. The molecule has 0 spiro atoms. The van der Waals surface area contributed by atoms with Gasteiger partial charge < -0.3 is 4.74 Å². The lowest BCUT2D eigenvalue weighted by Gasteiger charge is -2.04. The van der Waals surface area contributed by atoms with Crippen LogP contribution in [0.1, 0.15) is 19.8 Å². The molecular formula is C12H14F2O2S. The van der Waals surface area contributed by atoms with Gasteiger partial charge in [0.25, 0.3) is 0 Å². The van der Waals surface area contributed by atoms with Crippen molar-refractivity contribution in [2.75, 3.05) is 12.4 Å². The van der Waals surface area contributed by atoms with Crippen LogP contribution in [0, 0.1) is 11.6 Å². The molecule has 0 heterocycles. The van der Waals surface area contributed by atoms with Crippen molar-refractivity contribution in [3.8, 4) is 0 Å². The van der Waals surface area contributed by atoms with Crippen LogP contribution in [0.3, 0.4) is 0 Å². The first-order valence-corrected chi connectivity index (χ1v) is 6.35. The zero-order valence-electron chi connectivity index (χ0n) is 9.54. The Morgan fingerprint density at radius 2 is 2.18 bits per heavy atom. The molecule has 0 unspecified atom stereocenters. The summed E-state index contributed by atoms with van der Waals surface area (Å²) in [6, 6.07) is 3.27. The highest BCUT2D eigenvalue weighted by atomic mass is 32.2. The summed E-state index contributed by atoms with van der Waals surface area (Å²) in [5.41, 5.74) is 0. The topological polar surface area (TPSA) is 26.3 Å². The van der Waals surface area contributed by atoms with Gasteiger partial charge in [-0.3, -0.25) is 4.79 Å². The molecule has 0 aliphatic rings. The van der Waals surface area contributed by atoms with Gasteiger partial charge in [0.05, 0.1) is 12.4 Å². The van der Waals surface area contributed by atoms with Gasteiger partial charge in [0.1, 0.15) is 11.6 Å². The van der Waals surface area contributed by atoms with E-state index in [1.54, 1.807) is 0 Å². The van der Waals surface area contributed by atoms with E-state index in [0.29, 0.717) is 6.61 Å². The molecule has 0 aliphatic heterocycles. The minimum Gasteiger partial charge on any atom is -0.465 e. The van der Waals surface area contributed by atoms with E-state index in [1.807, 2.05) is 6.92 Å². The maximum Gasteiger partial charge on any atom is 0.316 e. The van der Waals surface area contributed by atoms with Gasteiger partial charge in [-0.1, -0.05) is 13.3 Å². The second-order valence-corrected chi connectivity index (χ2v) is 4.45. The van der Waals surface area contributed by atoms with Gasteiger partial charge in [0.15, 0.2) is 0 Å². The van der Waals surface area contributed by atoms with Crippen molar-refractivity contribution in [1.82, 2.24) is 0 Å². The van der Waals surface area contributed by atoms with Gasteiger partial charge in [-0.2, -0.15) is 0 Å². The van der Waals surface area contributed by atoms with Gasteiger partial charge >= 0.3 is 5.97 Å². The van der Waals surface area contributed by atoms with Crippen LogP contribution in [-0.4, -0.2) is 18.3 Å². The van der Waals surface area contributed by atoms with Gasteiger partial charge in [0.2, 0.25) is 0 Å². The molecule has 94 valence electrons. The number of hydrogen-bond donors (Lipinski definition) is 0. The smallest absolute Gasteiger partial charge is 0.316 e. The Morgan fingerprint density at radius 3 is 2.82 bits per heavy atom. The van der Waals surface area contributed by atoms with Crippen molar-refractivity contribution < 1.29 is 18.3 Å². The number of benzene rings is 1. The summed E-state index contributed by atoms with van der Waals surface area (Å²) >= 11 is 1.01. The predicted molar refractivity (Wildman–Crippen MR) is 62.9 cm³/mol. The SMILES string of the molecule is CCCCOC(=O)CSc1ccc(F)cc1F. The lowest BCUT2D eigenvalue weighted by Crippen LogP contribution is -2.08. The molecule has 0 radical (unpaired) electrons. The number of ether oxygens (including phenoxy) is 1. The number of unbranched alkanes of at least 4 members (excludes halogenated alkanes) is 1. The third kappa shape index (κ3) is 5.17. The number of thioether (sulfide) groups is 1. The normalized spacial score (nSPS) is 10.3. The molecule has 0 atom stereocenters. The van der Waals surface area contributed by atoms with E-state index in [1.165, 1.54) is 6.07 Å². The van der Waals surface area contributed by atoms with Crippen molar-refractivity contribution in [3.63, 3.8) is 0 Å². The molecule has 0 saturated heterocycles. The first kappa shape index (κ1) is 14.0. The average molecular weight is 260 g/mol. The Hall–Kier alpha value is -1.10. The molecule has 2 nitrogen and oxygen atoms in total. The molecule has 5 heteroatoms. The Kier molecular flexibility index (Phi) is 5.97. The van der Waals surface area contributed by atoms with Crippen LogP contribution < -0.4 is 0 Å². The minimum absolute atomic E-state index is 0.0340. The van der Waals surface area contributed by atoms with Crippen LogP contribution in [0.5, 0.6) is 0 Å². The monoisotopic (exact) mass is 260 g/mol. The first-order chi connectivity index (χ1) is 8.13. The Labute approximate surface area is 103 Å². The molecular weight excluding hydrogens is 246 g/mol. The molecule has 0 saturated carbocycles. The highest BCUT2D eigenvalue weighted by molar-refractivity contribution is 8.00. The van der Waals surface area contributed by atoms with Gasteiger partial charge in [-0.05, 0) is 18.6 Å². The molecule has 1 rings (SSSR count). The van der Waals surface area contributed by atoms with Gasteiger partial charge in [-0.25, -0.2) is 8.78 Å². The lowest BCUT2D eigenvalue weighted by molar-refractivity contribution is -0.140. The van der Waals surface area contributed by atoms with Crippen molar-refractivity contribution in [2.45, 2.75) is 24.7 Å². The fourth-order valence-electron chi connectivity index (χ4n) is 1.10. The van der Waals surface area contributed by atoms with Gasteiger partial charge in [-0.15, -0.1) is 11.8 Å². The summed E-state index contributed by atoms with van der Waals surface area (Å²) in [6.07, 6.45) is 1.77. The Morgan fingerprint density at radius 1 is 1.41 bits per heavy atom. The maximum atomic E-state index is 13.2. The molecule has 0 bridgehead atoms.